The molecule has 4 nitrogen and oxygen atoms in total. The van der Waals surface area contributed by atoms with Crippen LogP contribution in [0.3, 0.4) is 0 Å². The van der Waals surface area contributed by atoms with Crippen molar-refractivity contribution in [3.8, 4) is 5.75 Å². The zero-order chi connectivity index (χ0) is 15.9. The average molecular weight is 306 g/mol. The van der Waals surface area contributed by atoms with Gasteiger partial charge in [0.25, 0.3) is 0 Å². The number of β-amino-alcohol motifs (C(OH)–C–C–N with tert-alkyl or cyclic N) is 1. The van der Waals surface area contributed by atoms with E-state index in [1.165, 1.54) is 6.54 Å². The van der Waals surface area contributed by atoms with Crippen molar-refractivity contribution in [1.29, 1.82) is 0 Å². The number of rotatable bonds is 7. The Balaban J connectivity index is 1.68. The molecule has 22 heavy (non-hydrogen) atoms. The summed E-state index contributed by atoms with van der Waals surface area (Å²) in [6.45, 7) is 13.0. The van der Waals surface area contributed by atoms with E-state index < -0.39 is 6.10 Å². The molecule has 0 bridgehead atoms. The summed E-state index contributed by atoms with van der Waals surface area (Å²) < 4.78 is 5.73. The monoisotopic (exact) mass is 306 g/mol. The number of para-hydroxylation sites is 1. The fourth-order valence-electron chi connectivity index (χ4n) is 2.93. The van der Waals surface area contributed by atoms with Crippen molar-refractivity contribution < 1.29 is 9.84 Å². The van der Waals surface area contributed by atoms with E-state index >= 15 is 0 Å². The van der Waals surface area contributed by atoms with Gasteiger partial charge in [-0.1, -0.05) is 32.0 Å². The van der Waals surface area contributed by atoms with Gasteiger partial charge < -0.3 is 14.7 Å². The summed E-state index contributed by atoms with van der Waals surface area (Å²) in [5.41, 5.74) is 1.11. The van der Waals surface area contributed by atoms with Crippen molar-refractivity contribution in [2.45, 2.75) is 26.9 Å². The van der Waals surface area contributed by atoms with E-state index in [-0.39, 0.29) is 0 Å². The maximum Gasteiger partial charge on any atom is 0.122 e. The molecule has 0 radical (unpaired) electrons. The number of hydrogen-bond acceptors (Lipinski definition) is 4. The molecule has 124 valence electrons. The average Bonchev–Trinajstić information content (AvgIpc) is 2.48. The van der Waals surface area contributed by atoms with Gasteiger partial charge in [0.05, 0.1) is 0 Å². The van der Waals surface area contributed by atoms with Crippen LogP contribution in [-0.4, -0.2) is 66.9 Å². The molecular formula is C18H30N2O2. The third kappa shape index (κ3) is 5.59. The standard InChI is InChI=1S/C18H30N2O2/c1-15(2)12-19-8-10-20(11-9-19)13-17(21)14-22-18-7-5-4-6-16(18)3/h4-7,15,17,21H,8-14H2,1-3H3/t17-/m1/s1. The van der Waals surface area contributed by atoms with Gasteiger partial charge in [-0.15, -0.1) is 0 Å². The molecule has 0 spiro atoms. The van der Waals surface area contributed by atoms with E-state index in [9.17, 15) is 5.11 Å². The third-order valence-electron chi connectivity index (χ3n) is 4.08. The molecule has 1 fully saturated rings. The lowest BCUT2D eigenvalue weighted by Gasteiger charge is -2.36. The minimum absolute atomic E-state index is 0.358. The van der Waals surface area contributed by atoms with Crippen molar-refractivity contribution in [2.24, 2.45) is 5.92 Å². The Hall–Kier alpha value is -1.10. The fourth-order valence-corrected chi connectivity index (χ4v) is 2.93. The van der Waals surface area contributed by atoms with Gasteiger partial charge in [0.2, 0.25) is 0 Å². The van der Waals surface area contributed by atoms with Gasteiger partial charge in [-0.25, -0.2) is 0 Å². The Kier molecular flexibility index (Phi) is 6.68. The van der Waals surface area contributed by atoms with Gasteiger partial charge in [-0.3, -0.25) is 4.90 Å². The first-order valence-electron chi connectivity index (χ1n) is 8.36. The number of aliphatic hydroxyl groups is 1. The van der Waals surface area contributed by atoms with Gasteiger partial charge in [0.1, 0.15) is 18.5 Å². The Morgan fingerprint density at radius 3 is 2.23 bits per heavy atom. The summed E-state index contributed by atoms with van der Waals surface area (Å²) in [5.74, 6) is 1.59. The highest BCUT2D eigenvalue weighted by atomic mass is 16.5. The zero-order valence-electron chi connectivity index (χ0n) is 14.2. The van der Waals surface area contributed by atoms with E-state index in [4.69, 9.17) is 4.74 Å². The van der Waals surface area contributed by atoms with Crippen LogP contribution in [0, 0.1) is 12.8 Å². The van der Waals surface area contributed by atoms with Crippen molar-refractivity contribution in [3.05, 3.63) is 29.8 Å². The maximum atomic E-state index is 10.2. The summed E-state index contributed by atoms with van der Waals surface area (Å²) in [4.78, 5) is 4.85. The molecule has 1 aromatic rings. The molecule has 0 amide bonds. The highest BCUT2D eigenvalue weighted by Gasteiger charge is 2.19. The second kappa shape index (κ2) is 8.51. The fraction of sp³-hybridized carbons (Fsp3) is 0.667. The Morgan fingerprint density at radius 1 is 1.05 bits per heavy atom. The first kappa shape index (κ1) is 17.3. The molecule has 0 saturated carbocycles. The summed E-state index contributed by atoms with van der Waals surface area (Å²) in [5, 5.41) is 10.2. The molecule has 1 aliphatic heterocycles. The van der Waals surface area contributed by atoms with Crippen LogP contribution in [0.5, 0.6) is 5.75 Å². The lowest BCUT2D eigenvalue weighted by molar-refractivity contribution is 0.0438. The second-order valence-electron chi connectivity index (χ2n) is 6.73. The van der Waals surface area contributed by atoms with Crippen LogP contribution in [0.15, 0.2) is 24.3 Å². The number of nitrogens with zero attached hydrogens (tertiary/aromatic N) is 2. The Bertz CT molecular complexity index is 442. The topological polar surface area (TPSA) is 35.9 Å². The molecule has 1 heterocycles. The van der Waals surface area contributed by atoms with E-state index in [1.54, 1.807) is 0 Å². The number of ether oxygens (including phenoxy) is 1. The SMILES string of the molecule is Cc1ccccc1OC[C@H](O)CN1CCN(CC(C)C)CC1. The first-order chi connectivity index (χ1) is 10.5. The first-order valence-corrected chi connectivity index (χ1v) is 8.36. The molecular weight excluding hydrogens is 276 g/mol. The van der Waals surface area contributed by atoms with Crippen LogP contribution in [0.4, 0.5) is 0 Å². The molecule has 0 aromatic heterocycles. The molecule has 1 N–H and O–H groups in total. The third-order valence-corrected chi connectivity index (χ3v) is 4.08. The van der Waals surface area contributed by atoms with E-state index in [2.05, 4.69) is 23.6 Å². The van der Waals surface area contributed by atoms with Gasteiger partial charge in [0, 0.05) is 39.3 Å². The van der Waals surface area contributed by atoms with Crippen LogP contribution in [0.1, 0.15) is 19.4 Å². The van der Waals surface area contributed by atoms with Crippen molar-refractivity contribution >= 4 is 0 Å². The molecule has 0 unspecified atom stereocenters. The van der Waals surface area contributed by atoms with Crippen LogP contribution < -0.4 is 4.74 Å². The summed E-state index contributed by atoms with van der Waals surface area (Å²) >= 11 is 0. The quantitative estimate of drug-likeness (QED) is 0.836. The van der Waals surface area contributed by atoms with Crippen molar-refractivity contribution in [2.75, 3.05) is 45.9 Å². The minimum atomic E-state index is -0.434. The zero-order valence-corrected chi connectivity index (χ0v) is 14.2. The van der Waals surface area contributed by atoms with Crippen LogP contribution >= 0.6 is 0 Å². The van der Waals surface area contributed by atoms with Gasteiger partial charge in [0.15, 0.2) is 0 Å². The normalized spacial score (nSPS) is 18.6. The molecule has 2 rings (SSSR count). The number of aliphatic hydroxyl groups excluding tert-OH is 1. The second-order valence-corrected chi connectivity index (χ2v) is 6.73. The lowest BCUT2D eigenvalue weighted by atomic mass is 10.2. The van der Waals surface area contributed by atoms with Crippen LogP contribution in [0.2, 0.25) is 0 Å². The number of hydrogen-bond donors (Lipinski definition) is 1. The molecule has 0 aliphatic carbocycles. The van der Waals surface area contributed by atoms with Crippen molar-refractivity contribution in [3.63, 3.8) is 0 Å². The van der Waals surface area contributed by atoms with Gasteiger partial charge >= 0.3 is 0 Å². The van der Waals surface area contributed by atoms with E-state index in [0.29, 0.717) is 13.2 Å². The highest BCUT2D eigenvalue weighted by molar-refractivity contribution is 5.31. The number of piperazine rings is 1. The molecule has 1 aliphatic rings. The Labute approximate surface area is 134 Å². The number of aryl methyl sites for hydroxylation is 1. The smallest absolute Gasteiger partial charge is 0.122 e. The summed E-state index contributed by atoms with van der Waals surface area (Å²) in [6.07, 6.45) is -0.434. The number of benzene rings is 1. The van der Waals surface area contributed by atoms with Gasteiger partial charge in [-0.05, 0) is 24.5 Å². The van der Waals surface area contributed by atoms with Crippen molar-refractivity contribution in [1.82, 2.24) is 9.80 Å². The van der Waals surface area contributed by atoms with Gasteiger partial charge in [-0.2, -0.15) is 0 Å². The molecule has 1 aromatic carbocycles. The summed E-state index contributed by atoms with van der Waals surface area (Å²) in [6, 6.07) is 7.93. The predicted molar refractivity (Wildman–Crippen MR) is 90.4 cm³/mol. The lowest BCUT2D eigenvalue weighted by Crippen LogP contribution is -2.49. The Morgan fingerprint density at radius 2 is 1.64 bits per heavy atom. The molecule has 1 atom stereocenters. The maximum absolute atomic E-state index is 10.2. The molecule has 4 heteroatoms. The highest BCUT2D eigenvalue weighted by Crippen LogP contribution is 2.16. The minimum Gasteiger partial charge on any atom is -0.491 e. The largest absolute Gasteiger partial charge is 0.491 e. The van der Waals surface area contributed by atoms with E-state index in [1.807, 2.05) is 31.2 Å². The predicted octanol–water partition coefficient (Wildman–Crippen LogP) is 2.01. The van der Waals surface area contributed by atoms with E-state index in [0.717, 1.165) is 43.4 Å². The van der Waals surface area contributed by atoms with Crippen LogP contribution in [0.25, 0.3) is 0 Å². The molecule has 1 saturated heterocycles. The summed E-state index contributed by atoms with van der Waals surface area (Å²) in [7, 11) is 0. The van der Waals surface area contributed by atoms with Crippen LogP contribution in [-0.2, 0) is 0 Å².